The first kappa shape index (κ1) is 16.8. The van der Waals surface area contributed by atoms with Crippen LogP contribution in [0.5, 0.6) is 0 Å². The molecule has 0 aliphatic rings. The van der Waals surface area contributed by atoms with E-state index in [1.165, 1.54) is 16.8 Å². The highest BCUT2D eigenvalue weighted by Crippen LogP contribution is 2.29. The van der Waals surface area contributed by atoms with E-state index in [1.807, 2.05) is 0 Å². The second-order valence-electron chi connectivity index (χ2n) is 5.69. The summed E-state index contributed by atoms with van der Waals surface area (Å²) in [5.74, 6) is -0.0651. The lowest BCUT2D eigenvalue weighted by Gasteiger charge is -2.09. The summed E-state index contributed by atoms with van der Waals surface area (Å²) >= 11 is 0. The zero-order valence-electron chi connectivity index (χ0n) is 13.9. The number of pyridine rings is 1. The van der Waals surface area contributed by atoms with Crippen molar-refractivity contribution in [2.75, 3.05) is 5.32 Å². The Morgan fingerprint density at radius 3 is 2.59 bits per heavy atom. The molecule has 27 heavy (non-hydrogen) atoms. The molecule has 0 spiro atoms. The van der Waals surface area contributed by atoms with Crippen molar-refractivity contribution >= 4 is 17.4 Å². The Balaban J connectivity index is 1.75. The van der Waals surface area contributed by atoms with Gasteiger partial charge in [0.1, 0.15) is 5.82 Å². The molecule has 134 valence electrons. The Bertz CT molecular complexity index is 1110. The van der Waals surface area contributed by atoms with Gasteiger partial charge in [-0.3, -0.25) is 4.79 Å². The first-order chi connectivity index (χ1) is 13.1. The number of nitrogens with zero attached hydrogens (tertiary/aromatic N) is 4. The van der Waals surface area contributed by atoms with Crippen LogP contribution >= 0.6 is 0 Å². The lowest BCUT2D eigenvalue weighted by molar-refractivity contribution is 0.102. The van der Waals surface area contributed by atoms with Crippen LogP contribution < -0.4 is 5.32 Å². The molecule has 6 nitrogen and oxygen atoms in total. The van der Waals surface area contributed by atoms with Crippen molar-refractivity contribution in [3.63, 3.8) is 0 Å². The number of nitrogens with one attached hydrogen (secondary N) is 1. The summed E-state index contributed by atoms with van der Waals surface area (Å²) in [4.78, 5) is 20.7. The molecule has 0 aliphatic carbocycles. The van der Waals surface area contributed by atoms with Crippen molar-refractivity contribution < 1.29 is 13.6 Å². The fraction of sp³-hybridized carbons (Fsp3) is 0.0526. The van der Waals surface area contributed by atoms with E-state index in [-0.39, 0.29) is 11.3 Å². The van der Waals surface area contributed by atoms with Gasteiger partial charge in [-0.15, -0.1) is 0 Å². The summed E-state index contributed by atoms with van der Waals surface area (Å²) in [6.45, 7) is 0. The zero-order valence-corrected chi connectivity index (χ0v) is 13.9. The maximum atomic E-state index is 13.3. The molecule has 0 saturated carbocycles. The Morgan fingerprint density at radius 2 is 1.81 bits per heavy atom. The van der Waals surface area contributed by atoms with E-state index < -0.39 is 12.3 Å². The van der Waals surface area contributed by atoms with Gasteiger partial charge >= 0.3 is 0 Å². The molecule has 3 aromatic heterocycles. The van der Waals surface area contributed by atoms with Gasteiger partial charge in [0.05, 0.1) is 11.9 Å². The summed E-state index contributed by atoms with van der Waals surface area (Å²) in [6, 6.07) is 14.5. The van der Waals surface area contributed by atoms with E-state index in [9.17, 15) is 13.6 Å². The monoisotopic (exact) mass is 365 g/mol. The third-order valence-electron chi connectivity index (χ3n) is 3.97. The smallest absolute Gasteiger partial charge is 0.277 e. The molecule has 1 N–H and O–H groups in total. The topological polar surface area (TPSA) is 72.2 Å². The van der Waals surface area contributed by atoms with Gasteiger partial charge in [0, 0.05) is 17.3 Å². The van der Waals surface area contributed by atoms with Crippen molar-refractivity contribution in [2.24, 2.45) is 0 Å². The summed E-state index contributed by atoms with van der Waals surface area (Å²) < 4.78 is 27.9. The van der Waals surface area contributed by atoms with Crippen LogP contribution in [0.1, 0.15) is 22.5 Å². The molecule has 1 amide bonds. The molecule has 8 heteroatoms. The third-order valence-corrected chi connectivity index (χ3v) is 3.97. The fourth-order valence-electron chi connectivity index (χ4n) is 2.71. The number of carbonyl (C=O) groups is 1. The number of hydrogen-bond acceptors (Lipinski definition) is 4. The van der Waals surface area contributed by atoms with Crippen LogP contribution in [0.2, 0.25) is 0 Å². The minimum atomic E-state index is -2.63. The molecule has 1 aromatic carbocycles. The molecule has 0 radical (unpaired) electrons. The third kappa shape index (κ3) is 3.24. The normalized spacial score (nSPS) is 11.1. The van der Waals surface area contributed by atoms with Crippen molar-refractivity contribution in [1.82, 2.24) is 19.6 Å². The molecular formula is C19H13F2N5O. The summed E-state index contributed by atoms with van der Waals surface area (Å²) in [7, 11) is 0. The Kier molecular flexibility index (Phi) is 4.29. The SMILES string of the molecule is O=C(Nc1ccccn1)c1cnc2ccc(-c3ccccc3C(F)F)nn12. The van der Waals surface area contributed by atoms with Gasteiger partial charge in [-0.2, -0.15) is 5.10 Å². The van der Waals surface area contributed by atoms with Crippen LogP contribution in [0.3, 0.4) is 0 Å². The predicted octanol–water partition coefficient (Wildman–Crippen LogP) is 3.98. The summed E-state index contributed by atoms with van der Waals surface area (Å²) in [6.07, 6.45) is 0.305. The molecule has 0 saturated heterocycles. The van der Waals surface area contributed by atoms with Gasteiger partial charge in [0.15, 0.2) is 11.3 Å². The fourth-order valence-corrected chi connectivity index (χ4v) is 2.71. The highest BCUT2D eigenvalue weighted by atomic mass is 19.3. The Labute approximate surface area is 152 Å². The van der Waals surface area contributed by atoms with Gasteiger partial charge in [-0.1, -0.05) is 30.3 Å². The maximum Gasteiger partial charge on any atom is 0.277 e. The number of rotatable bonds is 4. The predicted molar refractivity (Wildman–Crippen MR) is 95.6 cm³/mol. The van der Waals surface area contributed by atoms with Crippen molar-refractivity contribution in [2.45, 2.75) is 6.43 Å². The number of aromatic nitrogens is 4. The Hall–Kier alpha value is -3.68. The first-order valence-electron chi connectivity index (χ1n) is 8.08. The van der Waals surface area contributed by atoms with Gasteiger partial charge < -0.3 is 5.32 Å². The average molecular weight is 365 g/mol. The lowest BCUT2D eigenvalue weighted by atomic mass is 10.0. The van der Waals surface area contributed by atoms with E-state index in [2.05, 4.69) is 20.4 Å². The van der Waals surface area contributed by atoms with Crippen LogP contribution in [0, 0.1) is 0 Å². The first-order valence-corrected chi connectivity index (χ1v) is 8.08. The largest absolute Gasteiger partial charge is 0.305 e. The number of alkyl halides is 2. The minimum absolute atomic E-state index is 0.121. The lowest BCUT2D eigenvalue weighted by Crippen LogP contribution is -2.16. The van der Waals surface area contributed by atoms with E-state index >= 15 is 0 Å². The number of fused-ring (bicyclic) bond motifs is 1. The summed E-state index contributed by atoms with van der Waals surface area (Å²) in [5.41, 5.74) is 1.11. The van der Waals surface area contributed by atoms with Crippen molar-refractivity contribution in [3.05, 3.63) is 78.2 Å². The van der Waals surface area contributed by atoms with Crippen molar-refractivity contribution in [1.29, 1.82) is 0 Å². The Morgan fingerprint density at radius 1 is 1.00 bits per heavy atom. The molecule has 0 bridgehead atoms. The highest BCUT2D eigenvalue weighted by Gasteiger charge is 2.18. The number of anilines is 1. The zero-order chi connectivity index (χ0) is 18.8. The number of benzene rings is 1. The van der Waals surface area contributed by atoms with Gasteiger partial charge in [0.2, 0.25) is 0 Å². The molecule has 0 aliphatic heterocycles. The van der Waals surface area contributed by atoms with Gasteiger partial charge in [-0.25, -0.2) is 23.3 Å². The van der Waals surface area contributed by atoms with Crippen LogP contribution in [0.15, 0.2) is 67.0 Å². The highest BCUT2D eigenvalue weighted by molar-refractivity contribution is 6.02. The second kappa shape index (κ2) is 6.91. The average Bonchev–Trinajstić information content (AvgIpc) is 3.12. The van der Waals surface area contributed by atoms with E-state index in [1.54, 1.807) is 54.7 Å². The van der Waals surface area contributed by atoms with Crippen molar-refractivity contribution in [3.8, 4) is 11.3 Å². The minimum Gasteiger partial charge on any atom is -0.305 e. The molecule has 0 unspecified atom stereocenters. The van der Waals surface area contributed by atoms with Crippen LogP contribution in [0.25, 0.3) is 16.9 Å². The number of amides is 1. The summed E-state index contributed by atoms with van der Waals surface area (Å²) in [5, 5.41) is 7.01. The molecule has 3 heterocycles. The second-order valence-corrected chi connectivity index (χ2v) is 5.69. The quantitative estimate of drug-likeness (QED) is 0.594. The molecule has 0 fully saturated rings. The molecule has 0 atom stereocenters. The van der Waals surface area contributed by atoms with Crippen LogP contribution in [-0.4, -0.2) is 25.5 Å². The van der Waals surface area contributed by atoms with Crippen LogP contribution in [0.4, 0.5) is 14.6 Å². The van der Waals surface area contributed by atoms with E-state index in [0.717, 1.165) is 0 Å². The number of carbonyl (C=O) groups excluding carboxylic acids is 1. The number of imidazole rings is 1. The molecule has 4 aromatic rings. The van der Waals surface area contributed by atoms with E-state index in [0.29, 0.717) is 22.7 Å². The number of halogens is 2. The molecular weight excluding hydrogens is 352 g/mol. The maximum absolute atomic E-state index is 13.3. The standard InChI is InChI=1S/C19H13F2N5O/c20-18(21)13-6-2-1-5-12(13)14-8-9-17-23-11-15(26(17)25-14)19(27)24-16-7-3-4-10-22-16/h1-11,18H,(H,22,24,27). The van der Waals surface area contributed by atoms with Gasteiger partial charge in [0.25, 0.3) is 12.3 Å². The van der Waals surface area contributed by atoms with Gasteiger partial charge in [-0.05, 0) is 24.3 Å². The van der Waals surface area contributed by atoms with E-state index in [4.69, 9.17) is 0 Å². The van der Waals surface area contributed by atoms with Crippen LogP contribution in [-0.2, 0) is 0 Å². The molecule has 4 rings (SSSR count). The number of hydrogen-bond donors (Lipinski definition) is 1.